The maximum absolute atomic E-state index is 8.86. The SMILES string of the molecule is CN(Cc1ccccc1Br)Cc1ccccc1C(N)=NO. The minimum absolute atomic E-state index is 0.139. The monoisotopic (exact) mass is 347 g/mol. The molecule has 2 aromatic rings. The summed E-state index contributed by atoms with van der Waals surface area (Å²) in [5.74, 6) is 0.139. The predicted molar refractivity (Wildman–Crippen MR) is 88.3 cm³/mol. The molecule has 0 aliphatic rings. The molecule has 0 fully saturated rings. The van der Waals surface area contributed by atoms with E-state index >= 15 is 0 Å². The zero-order valence-electron chi connectivity index (χ0n) is 11.8. The molecule has 0 saturated heterocycles. The zero-order valence-corrected chi connectivity index (χ0v) is 13.4. The van der Waals surface area contributed by atoms with Gasteiger partial charge in [-0.1, -0.05) is 63.6 Å². The van der Waals surface area contributed by atoms with Crippen LogP contribution in [0.4, 0.5) is 0 Å². The van der Waals surface area contributed by atoms with E-state index in [2.05, 4.69) is 32.1 Å². The summed E-state index contributed by atoms with van der Waals surface area (Å²) < 4.78 is 1.10. The molecule has 0 atom stereocenters. The lowest BCUT2D eigenvalue weighted by Crippen LogP contribution is -2.21. The summed E-state index contributed by atoms with van der Waals surface area (Å²) in [5.41, 5.74) is 8.74. The second-order valence-electron chi connectivity index (χ2n) is 4.91. The average Bonchev–Trinajstić information content (AvgIpc) is 2.49. The highest BCUT2D eigenvalue weighted by atomic mass is 79.9. The molecule has 0 aliphatic carbocycles. The van der Waals surface area contributed by atoms with E-state index in [0.717, 1.165) is 22.1 Å². The van der Waals surface area contributed by atoms with Crippen molar-refractivity contribution in [2.24, 2.45) is 10.9 Å². The van der Waals surface area contributed by atoms with Gasteiger partial charge in [-0.25, -0.2) is 0 Å². The van der Waals surface area contributed by atoms with E-state index in [1.165, 1.54) is 5.56 Å². The molecule has 0 bridgehead atoms. The smallest absolute Gasteiger partial charge is 0.170 e. The summed E-state index contributed by atoms with van der Waals surface area (Å²) in [4.78, 5) is 2.18. The molecule has 0 saturated carbocycles. The fourth-order valence-corrected chi connectivity index (χ4v) is 2.64. The van der Waals surface area contributed by atoms with E-state index in [-0.39, 0.29) is 5.84 Å². The van der Waals surface area contributed by atoms with Crippen LogP contribution in [0.1, 0.15) is 16.7 Å². The Labute approximate surface area is 133 Å². The normalized spacial score (nSPS) is 11.9. The molecule has 0 amide bonds. The van der Waals surface area contributed by atoms with Crippen LogP contribution in [0, 0.1) is 0 Å². The molecule has 0 aromatic heterocycles. The minimum atomic E-state index is 0.139. The standard InChI is InChI=1S/C16H18BrN3O/c1-20(11-13-7-3-5-9-15(13)17)10-12-6-2-4-8-14(12)16(18)19-21/h2-9,21H,10-11H2,1H3,(H2,18,19). The maximum Gasteiger partial charge on any atom is 0.170 e. The van der Waals surface area contributed by atoms with E-state index in [4.69, 9.17) is 10.9 Å². The topological polar surface area (TPSA) is 61.8 Å². The summed E-state index contributed by atoms with van der Waals surface area (Å²) in [6.45, 7) is 1.53. The van der Waals surface area contributed by atoms with Crippen molar-refractivity contribution in [1.82, 2.24) is 4.90 Å². The van der Waals surface area contributed by atoms with E-state index in [1.807, 2.05) is 49.5 Å². The molecule has 0 unspecified atom stereocenters. The number of rotatable bonds is 5. The van der Waals surface area contributed by atoms with Gasteiger partial charge in [0.15, 0.2) is 5.84 Å². The number of hydrogen-bond donors (Lipinski definition) is 2. The third-order valence-electron chi connectivity index (χ3n) is 3.24. The van der Waals surface area contributed by atoms with Crippen molar-refractivity contribution in [1.29, 1.82) is 0 Å². The Morgan fingerprint density at radius 3 is 2.33 bits per heavy atom. The lowest BCUT2D eigenvalue weighted by molar-refractivity contribution is 0.315. The molecule has 2 aromatic carbocycles. The summed E-state index contributed by atoms with van der Waals surface area (Å²) in [6.07, 6.45) is 0. The van der Waals surface area contributed by atoms with Crippen molar-refractivity contribution in [2.75, 3.05) is 7.05 Å². The van der Waals surface area contributed by atoms with E-state index in [0.29, 0.717) is 6.54 Å². The van der Waals surface area contributed by atoms with Crippen LogP contribution in [0.2, 0.25) is 0 Å². The minimum Gasteiger partial charge on any atom is -0.409 e. The molecule has 21 heavy (non-hydrogen) atoms. The largest absolute Gasteiger partial charge is 0.409 e. The third kappa shape index (κ3) is 4.06. The first kappa shape index (κ1) is 15.5. The fourth-order valence-electron chi connectivity index (χ4n) is 2.23. The number of nitrogens with two attached hydrogens (primary N) is 1. The predicted octanol–water partition coefficient (Wildman–Crippen LogP) is 3.18. The number of nitrogens with zero attached hydrogens (tertiary/aromatic N) is 2. The van der Waals surface area contributed by atoms with Gasteiger partial charge >= 0.3 is 0 Å². The maximum atomic E-state index is 8.86. The van der Waals surface area contributed by atoms with Crippen molar-refractivity contribution in [3.8, 4) is 0 Å². The molecular formula is C16H18BrN3O. The number of hydrogen-bond acceptors (Lipinski definition) is 3. The van der Waals surface area contributed by atoms with Gasteiger partial charge in [0.1, 0.15) is 0 Å². The molecule has 3 N–H and O–H groups in total. The van der Waals surface area contributed by atoms with Crippen molar-refractivity contribution < 1.29 is 5.21 Å². The summed E-state index contributed by atoms with van der Waals surface area (Å²) in [7, 11) is 2.04. The highest BCUT2D eigenvalue weighted by Crippen LogP contribution is 2.19. The second kappa shape index (κ2) is 7.24. The first-order valence-electron chi connectivity index (χ1n) is 6.59. The Morgan fingerprint density at radius 2 is 1.67 bits per heavy atom. The van der Waals surface area contributed by atoms with Crippen molar-refractivity contribution in [2.45, 2.75) is 13.1 Å². The van der Waals surface area contributed by atoms with Crippen molar-refractivity contribution in [3.05, 3.63) is 69.7 Å². The molecule has 5 heteroatoms. The Balaban J connectivity index is 2.14. The molecule has 0 radical (unpaired) electrons. The second-order valence-corrected chi connectivity index (χ2v) is 5.76. The van der Waals surface area contributed by atoms with Crippen LogP contribution in [-0.2, 0) is 13.1 Å². The van der Waals surface area contributed by atoms with Gasteiger partial charge in [0.05, 0.1) is 0 Å². The highest BCUT2D eigenvalue weighted by molar-refractivity contribution is 9.10. The average molecular weight is 348 g/mol. The quantitative estimate of drug-likeness (QED) is 0.378. The van der Waals surface area contributed by atoms with Crippen LogP contribution in [0.25, 0.3) is 0 Å². The van der Waals surface area contributed by atoms with E-state index in [9.17, 15) is 0 Å². The van der Waals surface area contributed by atoms with Gasteiger partial charge < -0.3 is 10.9 Å². The van der Waals surface area contributed by atoms with Crippen LogP contribution in [0.5, 0.6) is 0 Å². The van der Waals surface area contributed by atoms with Crippen molar-refractivity contribution in [3.63, 3.8) is 0 Å². The zero-order chi connectivity index (χ0) is 15.2. The van der Waals surface area contributed by atoms with Crippen LogP contribution in [-0.4, -0.2) is 23.0 Å². The summed E-state index contributed by atoms with van der Waals surface area (Å²) >= 11 is 3.56. The molecule has 0 aliphatic heterocycles. The van der Waals surface area contributed by atoms with Gasteiger partial charge in [-0.15, -0.1) is 0 Å². The molecule has 2 rings (SSSR count). The van der Waals surface area contributed by atoms with Gasteiger partial charge in [0, 0.05) is 23.1 Å². The molecule has 0 spiro atoms. The Kier molecular flexibility index (Phi) is 5.36. The molecule has 0 heterocycles. The van der Waals surface area contributed by atoms with E-state index in [1.54, 1.807) is 0 Å². The number of halogens is 1. The summed E-state index contributed by atoms with van der Waals surface area (Å²) in [6, 6.07) is 15.8. The fraction of sp³-hybridized carbons (Fsp3) is 0.188. The van der Waals surface area contributed by atoms with Crippen LogP contribution in [0.15, 0.2) is 58.2 Å². The van der Waals surface area contributed by atoms with Gasteiger partial charge in [-0.05, 0) is 24.2 Å². The van der Waals surface area contributed by atoms with Crippen LogP contribution in [0.3, 0.4) is 0 Å². The third-order valence-corrected chi connectivity index (χ3v) is 4.01. The Morgan fingerprint density at radius 1 is 1.10 bits per heavy atom. The first-order chi connectivity index (χ1) is 10.1. The first-order valence-corrected chi connectivity index (χ1v) is 7.39. The van der Waals surface area contributed by atoms with Gasteiger partial charge in [-0.3, -0.25) is 4.90 Å². The van der Waals surface area contributed by atoms with Gasteiger partial charge in [-0.2, -0.15) is 0 Å². The molecule has 4 nitrogen and oxygen atoms in total. The van der Waals surface area contributed by atoms with Gasteiger partial charge in [0.25, 0.3) is 0 Å². The molecule has 110 valence electrons. The summed E-state index contributed by atoms with van der Waals surface area (Å²) in [5, 5.41) is 12.0. The van der Waals surface area contributed by atoms with Crippen LogP contribution < -0.4 is 5.73 Å². The van der Waals surface area contributed by atoms with E-state index < -0.39 is 0 Å². The lowest BCUT2D eigenvalue weighted by atomic mass is 10.1. The molecular weight excluding hydrogens is 330 g/mol. The number of amidine groups is 1. The lowest BCUT2D eigenvalue weighted by Gasteiger charge is -2.19. The highest BCUT2D eigenvalue weighted by Gasteiger charge is 2.10. The van der Waals surface area contributed by atoms with Gasteiger partial charge in [0.2, 0.25) is 0 Å². The number of oxime groups is 1. The Hall–Kier alpha value is -1.85. The Bertz CT molecular complexity index is 643. The van der Waals surface area contributed by atoms with Crippen molar-refractivity contribution >= 4 is 21.8 Å². The number of benzene rings is 2. The van der Waals surface area contributed by atoms with Crippen LogP contribution >= 0.6 is 15.9 Å².